The Hall–Kier alpha value is -1.29. The zero-order chi connectivity index (χ0) is 7.56. The standard InChI is InChI=1S/C6H10N4/c1-4-2-3-9-6(10-8)5(4)7/h2-3H,7-8H2,1H3,(H,9,10). The first kappa shape index (κ1) is 6.82. The summed E-state index contributed by atoms with van der Waals surface area (Å²) in [6.07, 6.45) is 1.65. The summed E-state index contributed by atoms with van der Waals surface area (Å²) in [7, 11) is 0. The van der Waals surface area contributed by atoms with Gasteiger partial charge in [-0.2, -0.15) is 0 Å². The Bertz CT molecular complexity index is 233. The van der Waals surface area contributed by atoms with E-state index >= 15 is 0 Å². The number of anilines is 2. The Morgan fingerprint density at radius 1 is 1.60 bits per heavy atom. The minimum absolute atomic E-state index is 0.528. The number of rotatable bonds is 1. The van der Waals surface area contributed by atoms with Gasteiger partial charge in [-0.25, -0.2) is 10.8 Å². The summed E-state index contributed by atoms with van der Waals surface area (Å²) in [4.78, 5) is 3.90. The molecule has 0 aliphatic rings. The summed E-state index contributed by atoms with van der Waals surface area (Å²) >= 11 is 0. The quantitative estimate of drug-likeness (QED) is 0.384. The summed E-state index contributed by atoms with van der Waals surface area (Å²) in [5.41, 5.74) is 9.56. The SMILES string of the molecule is Cc1ccnc(NN)c1N. The molecule has 10 heavy (non-hydrogen) atoms. The highest BCUT2D eigenvalue weighted by molar-refractivity contribution is 5.64. The number of nitrogens with zero attached hydrogens (tertiary/aromatic N) is 1. The molecular weight excluding hydrogens is 128 g/mol. The lowest BCUT2D eigenvalue weighted by atomic mass is 10.2. The molecule has 0 spiro atoms. The molecule has 0 unspecified atom stereocenters. The molecule has 5 N–H and O–H groups in total. The van der Waals surface area contributed by atoms with Crippen LogP contribution in [0.1, 0.15) is 5.56 Å². The predicted octanol–water partition coefficient (Wildman–Crippen LogP) is 0.258. The number of pyridine rings is 1. The highest BCUT2D eigenvalue weighted by Gasteiger charge is 1.98. The third-order valence-corrected chi connectivity index (χ3v) is 1.34. The zero-order valence-corrected chi connectivity index (χ0v) is 5.76. The van der Waals surface area contributed by atoms with E-state index in [9.17, 15) is 0 Å². The molecule has 1 aromatic rings. The first-order valence-electron chi connectivity index (χ1n) is 2.93. The molecule has 0 bridgehead atoms. The first-order chi connectivity index (χ1) is 4.75. The zero-order valence-electron chi connectivity index (χ0n) is 5.76. The fourth-order valence-corrected chi connectivity index (χ4v) is 0.685. The highest BCUT2D eigenvalue weighted by Crippen LogP contribution is 2.16. The molecule has 0 aliphatic heterocycles. The summed E-state index contributed by atoms with van der Waals surface area (Å²) < 4.78 is 0. The third-order valence-electron chi connectivity index (χ3n) is 1.34. The molecule has 0 aromatic carbocycles. The molecule has 1 rings (SSSR count). The molecule has 0 saturated carbocycles. The van der Waals surface area contributed by atoms with Gasteiger partial charge in [0.1, 0.15) is 0 Å². The second kappa shape index (κ2) is 2.53. The lowest BCUT2D eigenvalue weighted by Gasteiger charge is -2.04. The fourth-order valence-electron chi connectivity index (χ4n) is 0.685. The molecular formula is C6H10N4. The number of nitrogens with one attached hydrogen (secondary N) is 1. The summed E-state index contributed by atoms with van der Waals surface area (Å²) in [6.45, 7) is 1.90. The van der Waals surface area contributed by atoms with Crippen LogP contribution in [0.2, 0.25) is 0 Å². The molecule has 54 valence electrons. The Labute approximate surface area is 59.2 Å². The van der Waals surface area contributed by atoms with Crippen molar-refractivity contribution in [2.75, 3.05) is 11.2 Å². The van der Waals surface area contributed by atoms with Gasteiger partial charge in [-0.1, -0.05) is 0 Å². The fraction of sp³-hybridized carbons (Fsp3) is 0.167. The van der Waals surface area contributed by atoms with Crippen LogP contribution in [-0.2, 0) is 0 Å². The minimum atomic E-state index is 0.528. The van der Waals surface area contributed by atoms with Gasteiger partial charge in [0.25, 0.3) is 0 Å². The summed E-state index contributed by atoms with van der Waals surface area (Å²) in [5.74, 6) is 5.65. The van der Waals surface area contributed by atoms with Crippen LogP contribution in [0.15, 0.2) is 12.3 Å². The van der Waals surface area contributed by atoms with E-state index in [0.29, 0.717) is 11.5 Å². The molecule has 4 heteroatoms. The van der Waals surface area contributed by atoms with Gasteiger partial charge >= 0.3 is 0 Å². The predicted molar refractivity (Wildman–Crippen MR) is 41.2 cm³/mol. The molecule has 0 radical (unpaired) electrons. The van der Waals surface area contributed by atoms with Crippen LogP contribution in [0.25, 0.3) is 0 Å². The number of nitrogen functional groups attached to an aromatic ring is 2. The van der Waals surface area contributed by atoms with Gasteiger partial charge in [0.2, 0.25) is 0 Å². The van der Waals surface area contributed by atoms with Gasteiger partial charge < -0.3 is 11.2 Å². The molecule has 0 atom stereocenters. The van der Waals surface area contributed by atoms with Crippen molar-refractivity contribution in [2.45, 2.75) is 6.92 Å². The molecule has 0 aliphatic carbocycles. The number of hydrogen-bond donors (Lipinski definition) is 3. The van der Waals surface area contributed by atoms with Crippen molar-refractivity contribution < 1.29 is 0 Å². The number of hydrogen-bond acceptors (Lipinski definition) is 4. The van der Waals surface area contributed by atoms with E-state index in [4.69, 9.17) is 11.6 Å². The summed E-state index contributed by atoms with van der Waals surface area (Å²) in [6, 6.07) is 1.83. The van der Waals surface area contributed by atoms with Gasteiger partial charge in [0, 0.05) is 6.20 Å². The van der Waals surface area contributed by atoms with Crippen molar-refractivity contribution in [1.29, 1.82) is 0 Å². The largest absolute Gasteiger partial charge is 0.395 e. The van der Waals surface area contributed by atoms with Crippen LogP contribution >= 0.6 is 0 Å². The van der Waals surface area contributed by atoms with Crippen molar-refractivity contribution in [2.24, 2.45) is 5.84 Å². The average Bonchev–Trinajstić information content (AvgIpc) is 1.95. The smallest absolute Gasteiger partial charge is 0.163 e. The molecule has 0 saturated heterocycles. The lowest BCUT2D eigenvalue weighted by molar-refractivity contribution is 1.21. The topological polar surface area (TPSA) is 77.0 Å². The average molecular weight is 138 g/mol. The first-order valence-corrected chi connectivity index (χ1v) is 2.93. The minimum Gasteiger partial charge on any atom is -0.395 e. The van der Waals surface area contributed by atoms with Crippen molar-refractivity contribution in [3.05, 3.63) is 17.8 Å². The Morgan fingerprint density at radius 2 is 2.30 bits per heavy atom. The van der Waals surface area contributed by atoms with Crippen LogP contribution in [0.4, 0.5) is 11.5 Å². The van der Waals surface area contributed by atoms with Gasteiger partial charge in [0.15, 0.2) is 5.82 Å². The monoisotopic (exact) mass is 138 g/mol. The van der Waals surface area contributed by atoms with Crippen LogP contribution in [0.3, 0.4) is 0 Å². The Morgan fingerprint density at radius 3 is 2.80 bits per heavy atom. The van der Waals surface area contributed by atoms with Crippen molar-refractivity contribution in [3.63, 3.8) is 0 Å². The summed E-state index contributed by atoms with van der Waals surface area (Å²) in [5, 5.41) is 0. The third kappa shape index (κ3) is 1.01. The van der Waals surface area contributed by atoms with Crippen molar-refractivity contribution >= 4 is 11.5 Å². The maximum absolute atomic E-state index is 5.59. The number of hydrazine groups is 1. The highest BCUT2D eigenvalue weighted by atomic mass is 15.3. The van der Waals surface area contributed by atoms with E-state index < -0.39 is 0 Å². The van der Waals surface area contributed by atoms with Gasteiger partial charge in [0.05, 0.1) is 5.69 Å². The van der Waals surface area contributed by atoms with Gasteiger partial charge in [-0.15, -0.1) is 0 Å². The van der Waals surface area contributed by atoms with Gasteiger partial charge in [-0.3, -0.25) is 0 Å². The van der Waals surface area contributed by atoms with E-state index in [1.165, 1.54) is 0 Å². The normalized spacial score (nSPS) is 9.40. The molecule has 0 amide bonds. The second-order valence-corrected chi connectivity index (χ2v) is 2.03. The lowest BCUT2D eigenvalue weighted by Crippen LogP contribution is -2.11. The van der Waals surface area contributed by atoms with E-state index in [1.807, 2.05) is 13.0 Å². The number of nitrogens with two attached hydrogens (primary N) is 2. The van der Waals surface area contributed by atoms with Crippen LogP contribution in [0.5, 0.6) is 0 Å². The van der Waals surface area contributed by atoms with E-state index in [1.54, 1.807) is 6.20 Å². The van der Waals surface area contributed by atoms with E-state index in [0.717, 1.165) is 5.56 Å². The van der Waals surface area contributed by atoms with Crippen LogP contribution < -0.4 is 17.0 Å². The van der Waals surface area contributed by atoms with Crippen LogP contribution in [-0.4, -0.2) is 4.98 Å². The Balaban J connectivity index is 3.14. The second-order valence-electron chi connectivity index (χ2n) is 2.03. The Kier molecular flexibility index (Phi) is 1.73. The molecule has 4 nitrogen and oxygen atoms in total. The molecule has 1 heterocycles. The number of aromatic nitrogens is 1. The number of aryl methyl sites for hydroxylation is 1. The van der Waals surface area contributed by atoms with Gasteiger partial charge in [-0.05, 0) is 18.6 Å². The molecule has 0 fully saturated rings. The molecule has 1 aromatic heterocycles. The maximum Gasteiger partial charge on any atom is 0.163 e. The van der Waals surface area contributed by atoms with E-state index in [2.05, 4.69) is 10.4 Å². The van der Waals surface area contributed by atoms with E-state index in [-0.39, 0.29) is 0 Å². The maximum atomic E-state index is 5.59. The van der Waals surface area contributed by atoms with Crippen molar-refractivity contribution in [3.8, 4) is 0 Å². The van der Waals surface area contributed by atoms with Crippen molar-refractivity contribution in [1.82, 2.24) is 4.98 Å². The van der Waals surface area contributed by atoms with Crippen LogP contribution in [0, 0.1) is 6.92 Å².